The molecule has 0 bridgehead atoms. The predicted octanol–water partition coefficient (Wildman–Crippen LogP) is 4.67. The molecular formula is C18H35NO. The van der Waals surface area contributed by atoms with E-state index in [2.05, 4.69) is 26.1 Å². The molecule has 1 aliphatic heterocycles. The van der Waals surface area contributed by atoms with Gasteiger partial charge in [-0.1, -0.05) is 52.9 Å². The summed E-state index contributed by atoms with van der Waals surface area (Å²) in [7, 11) is 0. The lowest BCUT2D eigenvalue weighted by molar-refractivity contribution is -0.122. The third-order valence-corrected chi connectivity index (χ3v) is 5.28. The Morgan fingerprint density at radius 1 is 1.20 bits per heavy atom. The normalized spacial score (nSPS) is 27.9. The number of ether oxygens (including phenoxy) is 1. The second-order valence-electron chi connectivity index (χ2n) is 7.42. The van der Waals surface area contributed by atoms with Crippen molar-refractivity contribution in [1.82, 2.24) is 5.32 Å². The zero-order valence-corrected chi connectivity index (χ0v) is 13.9. The van der Waals surface area contributed by atoms with Crippen LogP contribution >= 0.6 is 0 Å². The molecule has 0 aromatic rings. The van der Waals surface area contributed by atoms with Crippen molar-refractivity contribution in [3.63, 3.8) is 0 Å². The van der Waals surface area contributed by atoms with Crippen molar-refractivity contribution in [1.29, 1.82) is 0 Å². The summed E-state index contributed by atoms with van der Waals surface area (Å²) in [6.07, 6.45) is 13.4. The van der Waals surface area contributed by atoms with E-state index in [9.17, 15) is 0 Å². The molecule has 2 nitrogen and oxygen atoms in total. The van der Waals surface area contributed by atoms with Crippen LogP contribution < -0.4 is 5.32 Å². The smallest absolute Gasteiger partial charge is 0.0685 e. The van der Waals surface area contributed by atoms with E-state index in [1.54, 1.807) is 0 Å². The maximum absolute atomic E-state index is 6.27. The Kier molecular flexibility index (Phi) is 6.35. The SMILES string of the molecule is CCCCC(NC(C)C)C1CCOC2(CCCCC2)C1. The highest BCUT2D eigenvalue weighted by Gasteiger charge is 2.40. The molecule has 1 saturated carbocycles. The number of rotatable bonds is 6. The lowest BCUT2D eigenvalue weighted by atomic mass is 9.73. The van der Waals surface area contributed by atoms with Crippen LogP contribution in [0.25, 0.3) is 0 Å². The summed E-state index contributed by atoms with van der Waals surface area (Å²) in [5, 5.41) is 3.85. The van der Waals surface area contributed by atoms with Gasteiger partial charge in [-0.05, 0) is 38.0 Å². The highest BCUT2D eigenvalue weighted by molar-refractivity contribution is 4.93. The first-order valence-corrected chi connectivity index (χ1v) is 9.05. The van der Waals surface area contributed by atoms with Crippen LogP contribution in [0, 0.1) is 5.92 Å². The number of hydrogen-bond donors (Lipinski definition) is 1. The first kappa shape index (κ1) is 16.3. The van der Waals surface area contributed by atoms with Crippen molar-refractivity contribution in [2.75, 3.05) is 6.61 Å². The van der Waals surface area contributed by atoms with Gasteiger partial charge in [0.25, 0.3) is 0 Å². The average molecular weight is 281 g/mol. The van der Waals surface area contributed by atoms with E-state index < -0.39 is 0 Å². The van der Waals surface area contributed by atoms with Gasteiger partial charge in [-0.25, -0.2) is 0 Å². The molecule has 0 amide bonds. The van der Waals surface area contributed by atoms with E-state index in [0.717, 1.165) is 12.5 Å². The molecule has 118 valence electrons. The molecule has 0 aromatic heterocycles. The zero-order chi connectivity index (χ0) is 14.4. The third kappa shape index (κ3) is 4.46. The summed E-state index contributed by atoms with van der Waals surface area (Å²) in [6, 6.07) is 1.31. The maximum atomic E-state index is 6.27. The van der Waals surface area contributed by atoms with Crippen LogP contribution in [0.1, 0.15) is 85.0 Å². The minimum atomic E-state index is 0.254. The van der Waals surface area contributed by atoms with Gasteiger partial charge in [-0.3, -0.25) is 0 Å². The van der Waals surface area contributed by atoms with E-state index in [-0.39, 0.29) is 5.60 Å². The standard InChI is InChI=1S/C18H35NO/c1-4-5-9-17(19-15(2)3)16-10-13-20-18(14-16)11-7-6-8-12-18/h15-17,19H,4-14H2,1-3H3. The maximum Gasteiger partial charge on any atom is 0.0685 e. The van der Waals surface area contributed by atoms with Crippen molar-refractivity contribution in [2.45, 2.75) is 103 Å². The van der Waals surface area contributed by atoms with E-state index in [4.69, 9.17) is 4.74 Å². The van der Waals surface area contributed by atoms with Crippen molar-refractivity contribution in [3.05, 3.63) is 0 Å². The van der Waals surface area contributed by atoms with Gasteiger partial charge in [0.1, 0.15) is 0 Å². The van der Waals surface area contributed by atoms with Crippen LogP contribution in [-0.2, 0) is 4.74 Å². The molecule has 0 radical (unpaired) electrons. The monoisotopic (exact) mass is 281 g/mol. The lowest BCUT2D eigenvalue weighted by Gasteiger charge is -2.46. The van der Waals surface area contributed by atoms with Crippen LogP contribution in [0.5, 0.6) is 0 Å². The molecule has 20 heavy (non-hydrogen) atoms. The topological polar surface area (TPSA) is 21.3 Å². The van der Waals surface area contributed by atoms with Crippen molar-refractivity contribution in [2.24, 2.45) is 5.92 Å². The zero-order valence-electron chi connectivity index (χ0n) is 13.9. The molecule has 1 saturated heterocycles. The molecule has 1 aliphatic carbocycles. The van der Waals surface area contributed by atoms with Crippen LogP contribution in [0.3, 0.4) is 0 Å². The molecule has 2 fully saturated rings. The fraction of sp³-hybridized carbons (Fsp3) is 1.00. The quantitative estimate of drug-likeness (QED) is 0.763. The third-order valence-electron chi connectivity index (χ3n) is 5.28. The molecule has 1 heterocycles. The van der Waals surface area contributed by atoms with Crippen LogP contribution in [0.4, 0.5) is 0 Å². The lowest BCUT2D eigenvalue weighted by Crippen LogP contribution is -2.49. The van der Waals surface area contributed by atoms with Crippen molar-refractivity contribution in [3.8, 4) is 0 Å². The number of unbranched alkanes of at least 4 members (excludes halogenated alkanes) is 1. The summed E-state index contributed by atoms with van der Waals surface area (Å²) < 4.78 is 6.27. The summed E-state index contributed by atoms with van der Waals surface area (Å²) in [4.78, 5) is 0. The fourth-order valence-corrected chi connectivity index (χ4v) is 4.26. The Morgan fingerprint density at radius 3 is 2.60 bits per heavy atom. The van der Waals surface area contributed by atoms with Crippen molar-refractivity contribution >= 4 is 0 Å². The second-order valence-corrected chi connectivity index (χ2v) is 7.42. The molecule has 1 spiro atoms. The van der Waals surface area contributed by atoms with Crippen LogP contribution in [0.2, 0.25) is 0 Å². The minimum absolute atomic E-state index is 0.254. The number of hydrogen-bond acceptors (Lipinski definition) is 2. The molecule has 2 rings (SSSR count). The molecule has 2 aliphatic rings. The van der Waals surface area contributed by atoms with Gasteiger partial charge in [0.15, 0.2) is 0 Å². The van der Waals surface area contributed by atoms with Gasteiger partial charge in [-0.2, -0.15) is 0 Å². The van der Waals surface area contributed by atoms with Crippen molar-refractivity contribution < 1.29 is 4.74 Å². The largest absolute Gasteiger partial charge is 0.375 e. The minimum Gasteiger partial charge on any atom is -0.375 e. The van der Waals surface area contributed by atoms with Gasteiger partial charge in [0.05, 0.1) is 5.60 Å². The van der Waals surface area contributed by atoms with E-state index in [0.29, 0.717) is 12.1 Å². The molecule has 2 unspecified atom stereocenters. The molecule has 0 aromatic carbocycles. The Bertz CT molecular complexity index is 265. The Morgan fingerprint density at radius 2 is 1.95 bits per heavy atom. The van der Waals surface area contributed by atoms with Gasteiger partial charge in [0, 0.05) is 18.7 Å². The second kappa shape index (κ2) is 7.79. The Hall–Kier alpha value is -0.0800. The first-order chi connectivity index (χ1) is 9.65. The van der Waals surface area contributed by atoms with Crippen LogP contribution in [-0.4, -0.2) is 24.3 Å². The summed E-state index contributed by atoms with van der Waals surface area (Å²) in [6.45, 7) is 7.87. The Labute approximate surface area is 126 Å². The van der Waals surface area contributed by atoms with E-state index in [1.807, 2.05) is 0 Å². The summed E-state index contributed by atoms with van der Waals surface area (Å²) in [5.74, 6) is 0.829. The van der Waals surface area contributed by atoms with Gasteiger partial charge in [-0.15, -0.1) is 0 Å². The highest BCUT2D eigenvalue weighted by atomic mass is 16.5. The average Bonchev–Trinajstić information content (AvgIpc) is 2.44. The number of nitrogens with one attached hydrogen (secondary N) is 1. The van der Waals surface area contributed by atoms with E-state index in [1.165, 1.54) is 64.2 Å². The van der Waals surface area contributed by atoms with Gasteiger partial charge >= 0.3 is 0 Å². The van der Waals surface area contributed by atoms with Gasteiger partial charge in [0.2, 0.25) is 0 Å². The first-order valence-electron chi connectivity index (χ1n) is 9.05. The highest BCUT2D eigenvalue weighted by Crippen LogP contribution is 2.42. The predicted molar refractivity (Wildman–Crippen MR) is 86.1 cm³/mol. The molecule has 2 atom stereocenters. The summed E-state index contributed by atoms with van der Waals surface area (Å²) >= 11 is 0. The van der Waals surface area contributed by atoms with E-state index >= 15 is 0 Å². The van der Waals surface area contributed by atoms with Crippen LogP contribution in [0.15, 0.2) is 0 Å². The fourth-order valence-electron chi connectivity index (χ4n) is 4.26. The molecule has 1 N–H and O–H groups in total. The molecule has 2 heteroatoms. The molecular weight excluding hydrogens is 246 g/mol. The van der Waals surface area contributed by atoms with Gasteiger partial charge < -0.3 is 10.1 Å². The summed E-state index contributed by atoms with van der Waals surface area (Å²) in [5.41, 5.74) is 0.254. The Balaban J connectivity index is 1.96.